The van der Waals surface area contributed by atoms with E-state index in [1.807, 2.05) is 24.1 Å². The first-order valence-electron chi connectivity index (χ1n) is 10.9. The van der Waals surface area contributed by atoms with E-state index >= 15 is 0 Å². The fourth-order valence-electron chi connectivity index (χ4n) is 5.36. The number of nitrogens with zero attached hydrogens (tertiary/aromatic N) is 3. The van der Waals surface area contributed by atoms with Crippen molar-refractivity contribution in [2.24, 2.45) is 13.0 Å². The van der Waals surface area contributed by atoms with Crippen LogP contribution in [0.2, 0.25) is 0 Å². The first-order valence-corrected chi connectivity index (χ1v) is 10.9. The largest absolute Gasteiger partial charge is 0.348 e. The third-order valence-corrected chi connectivity index (χ3v) is 6.89. The number of carbonyl (C=O) groups is 1. The van der Waals surface area contributed by atoms with Gasteiger partial charge in [-0.25, -0.2) is 0 Å². The van der Waals surface area contributed by atoms with Crippen molar-refractivity contribution in [3.63, 3.8) is 0 Å². The molecule has 0 bridgehead atoms. The van der Waals surface area contributed by atoms with E-state index in [1.54, 1.807) is 0 Å². The molecular formula is C21H35N5O. The molecular weight excluding hydrogens is 338 g/mol. The summed E-state index contributed by atoms with van der Waals surface area (Å²) in [5, 5.41) is 11.4. The molecule has 3 aliphatic rings. The van der Waals surface area contributed by atoms with E-state index in [0.29, 0.717) is 18.5 Å². The number of nitrogens with one attached hydrogen (secondary N) is 2. The van der Waals surface area contributed by atoms with Gasteiger partial charge in [-0.1, -0.05) is 19.8 Å². The van der Waals surface area contributed by atoms with Crippen LogP contribution in [0.15, 0.2) is 12.4 Å². The van der Waals surface area contributed by atoms with Crippen LogP contribution >= 0.6 is 0 Å². The van der Waals surface area contributed by atoms with E-state index in [1.165, 1.54) is 51.6 Å². The molecule has 2 aliphatic heterocycles. The predicted octanol–water partition coefficient (Wildman–Crippen LogP) is 2.37. The molecule has 1 amide bonds. The van der Waals surface area contributed by atoms with Gasteiger partial charge in [0, 0.05) is 43.4 Å². The van der Waals surface area contributed by atoms with Crippen molar-refractivity contribution in [1.29, 1.82) is 0 Å². The first-order chi connectivity index (χ1) is 13.1. The molecule has 1 aromatic rings. The van der Waals surface area contributed by atoms with Crippen molar-refractivity contribution in [3.05, 3.63) is 18.0 Å². The minimum absolute atomic E-state index is 0.0390. The molecule has 0 unspecified atom stereocenters. The number of amides is 1. The van der Waals surface area contributed by atoms with E-state index in [9.17, 15) is 4.79 Å². The molecule has 0 spiro atoms. The van der Waals surface area contributed by atoms with Gasteiger partial charge in [-0.3, -0.25) is 9.48 Å². The smallest absolute Gasteiger partial charge is 0.220 e. The van der Waals surface area contributed by atoms with Gasteiger partial charge >= 0.3 is 0 Å². The third kappa shape index (κ3) is 4.54. The highest BCUT2D eigenvalue weighted by atomic mass is 16.1. The molecule has 2 N–H and O–H groups in total. The van der Waals surface area contributed by atoms with E-state index in [2.05, 4.69) is 27.6 Å². The van der Waals surface area contributed by atoms with Crippen LogP contribution in [0.25, 0.3) is 0 Å². The molecule has 6 nitrogen and oxygen atoms in total. The van der Waals surface area contributed by atoms with Crippen molar-refractivity contribution in [3.8, 4) is 0 Å². The maximum Gasteiger partial charge on any atom is 0.220 e. The second kappa shape index (κ2) is 8.31. The standard InChI is InChI=1S/C21H35N5O/c1-15-4-3-5-18(12-15)26-10-8-17(9-11-26)23-19-6-7-20(27)24-21(19)16-13-22-25(2)14-16/h13-15,17-19,21,23H,3-12H2,1-2H3,(H,24,27)/t15-,18+,19+,21-/m0/s1. The summed E-state index contributed by atoms with van der Waals surface area (Å²) in [6.07, 6.45) is 13.5. The van der Waals surface area contributed by atoms with E-state index in [4.69, 9.17) is 0 Å². The number of rotatable bonds is 4. The molecule has 150 valence electrons. The Hall–Kier alpha value is -1.40. The fraction of sp³-hybridized carbons (Fsp3) is 0.810. The lowest BCUT2D eigenvalue weighted by atomic mass is 9.85. The Bertz CT molecular complexity index is 636. The summed E-state index contributed by atoms with van der Waals surface area (Å²) >= 11 is 0. The Labute approximate surface area is 163 Å². The summed E-state index contributed by atoms with van der Waals surface area (Å²) in [7, 11) is 1.93. The lowest BCUT2D eigenvalue weighted by molar-refractivity contribution is -0.124. The second-order valence-electron chi connectivity index (χ2n) is 9.04. The zero-order valence-electron chi connectivity index (χ0n) is 16.9. The Morgan fingerprint density at radius 2 is 2.00 bits per heavy atom. The number of hydrogen-bond acceptors (Lipinski definition) is 4. The maximum absolute atomic E-state index is 12.0. The van der Waals surface area contributed by atoms with Crippen LogP contribution in [-0.2, 0) is 11.8 Å². The summed E-state index contributed by atoms with van der Waals surface area (Å²) < 4.78 is 1.82. The Balaban J connectivity index is 1.32. The van der Waals surface area contributed by atoms with Crippen molar-refractivity contribution in [1.82, 2.24) is 25.3 Å². The molecule has 0 aromatic carbocycles. The van der Waals surface area contributed by atoms with Gasteiger partial charge in [-0.05, 0) is 51.1 Å². The normalized spacial score (nSPS) is 33.8. The molecule has 3 fully saturated rings. The quantitative estimate of drug-likeness (QED) is 0.851. The van der Waals surface area contributed by atoms with Crippen LogP contribution in [0.1, 0.15) is 69.9 Å². The Morgan fingerprint density at radius 3 is 2.70 bits per heavy atom. The molecule has 1 saturated carbocycles. The monoisotopic (exact) mass is 373 g/mol. The minimum atomic E-state index is 0.0390. The number of likely N-dealkylation sites (tertiary alicyclic amines) is 1. The third-order valence-electron chi connectivity index (χ3n) is 6.89. The van der Waals surface area contributed by atoms with Crippen LogP contribution in [0, 0.1) is 5.92 Å². The van der Waals surface area contributed by atoms with Crippen LogP contribution in [0.4, 0.5) is 0 Å². The SMILES string of the molecule is C[C@H]1CCC[C@@H](N2CCC(N[C@@H]3CCC(=O)N[C@H]3c3cnn(C)c3)CC2)C1. The van der Waals surface area contributed by atoms with E-state index in [0.717, 1.165) is 23.9 Å². The number of aromatic nitrogens is 2. The molecule has 6 heteroatoms. The summed E-state index contributed by atoms with van der Waals surface area (Å²) in [5.41, 5.74) is 1.11. The topological polar surface area (TPSA) is 62.2 Å². The second-order valence-corrected chi connectivity index (χ2v) is 9.04. The number of piperidine rings is 2. The molecule has 3 heterocycles. The van der Waals surface area contributed by atoms with Gasteiger partial charge in [-0.2, -0.15) is 5.10 Å². The molecule has 4 rings (SSSR count). The first kappa shape index (κ1) is 18.9. The molecule has 1 aliphatic carbocycles. The van der Waals surface area contributed by atoms with Gasteiger partial charge < -0.3 is 15.5 Å². The number of carbonyl (C=O) groups excluding carboxylic acids is 1. The van der Waals surface area contributed by atoms with Gasteiger partial charge in [0.1, 0.15) is 0 Å². The number of hydrogen-bond donors (Lipinski definition) is 2. The molecule has 0 radical (unpaired) electrons. The minimum Gasteiger partial charge on any atom is -0.348 e. The Morgan fingerprint density at radius 1 is 1.19 bits per heavy atom. The van der Waals surface area contributed by atoms with Crippen LogP contribution in [0.3, 0.4) is 0 Å². The van der Waals surface area contributed by atoms with Gasteiger partial charge in [-0.15, -0.1) is 0 Å². The highest BCUT2D eigenvalue weighted by Gasteiger charge is 2.34. The zero-order valence-corrected chi connectivity index (χ0v) is 16.9. The van der Waals surface area contributed by atoms with Gasteiger partial charge in [0.2, 0.25) is 5.91 Å². The molecule has 2 saturated heterocycles. The summed E-state index contributed by atoms with van der Waals surface area (Å²) in [6, 6.07) is 1.71. The van der Waals surface area contributed by atoms with Gasteiger partial charge in [0.15, 0.2) is 0 Å². The number of aryl methyl sites for hydroxylation is 1. The molecule has 27 heavy (non-hydrogen) atoms. The summed E-state index contributed by atoms with van der Waals surface area (Å²) in [4.78, 5) is 14.7. The van der Waals surface area contributed by atoms with Crippen molar-refractivity contribution in [2.45, 2.75) is 82.5 Å². The van der Waals surface area contributed by atoms with Crippen molar-refractivity contribution < 1.29 is 4.79 Å². The van der Waals surface area contributed by atoms with E-state index < -0.39 is 0 Å². The summed E-state index contributed by atoms with van der Waals surface area (Å²) in [6.45, 7) is 4.84. The lowest BCUT2D eigenvalue weighted by Gasteiger charge is -2.42. The maximum atomic E-state index is 12.0. The average Bonchev–Trinajstić information content (AvgIpc) is 3.10. The van der Waals surface area contributed by atoms with Gasteiger partial charge in [0.25, 0.3) is 0 Å². The molecule has 4 atom stereocenters. The van der Waals surface area contributed by atoms with Crippen LogP contribution < -0.4 is 10.6 Å². The molecule has 1 aromatic heterocycles. The zero-order chi connectivity index (χ0) is 18.8. The van der Waals surface area contributed by atoms with Crippen LogP contribution in [-0.4, -0.2) is 51.8 Å². The van der Waals surface area contributed by atoms with Crippen molar-refractivity contribution >= 4 is 5.91 Å². The van der Waals surface area contributed by atoms with Gasteiger partial charge in [0.05, 0.1) is 12.2 Å². The summed E-state index contributed by atoms with van der Waals surface area (Å²) in [5.74, 6) is 1.05. The fourth-order valence-corrected chi connectivity index (χ4v) is 5.36. The average molecular weight is 374 g/mol. The predicted molar refractivity (Wildman–Crippen MR) is 106 cm³/mol. The lowest BCUT2D eigenvalue weighted by Crippen LogP contribution is -2.54. The highest BCUT2D eigenvalue weighted by Crippen LogP contribution is 2.30. The highest BCUT2D eigenvalue weighted by molar-refractivity contribution is 5.77. The van der Waals surface area contributed by atoms with E-state index in [-0.39, 0.29) is 11.9 Å². The van der Waals surface area contributed by atoms with Crippen LogP contribution in [0.5, 0.6) is 0 Å². The Kier molecular flexibility index (Phi) is 5.83. The van der Waals surface area contributed by atoms with Crippen molar-refractivity contribution in [2.75, 3.05) is 13.1 Å².